The van der Waals surface area contributed by atoms with Crippen LogP contribution in [0, 0.1) is 0 Å². The van der Waals surface area contributed by atoms with E-state index in [4.69, 9.17) is 0 Å². The summed E-state index contributed by atoms with van der Waals surface area (Å²) in [7, 11) is -3.91. The van der Waals surface area contributed by atoms with Crippen molar-refractivity contribution >= 4 is 15.7 Å². The van der Waals surface area contributed by atoms with Crippen molar-refractivity contribution in [1.82, 2.24) is 4.83 Å². The monoisotopic (exact) mass is 414 g/mol. The van der Waals surface area contributed by atoms with E-state index in [0.717, 1.165) is 16.7 Å². The third kappa shape index (κ3) is 5.31. The first kappa shape index (κ1) is 22.8. The first-order valence-electron chi connectivity index (χ1n) is 9.97. The minimum Gasteiger partial charge on any atom is -0.207 e. The lowest BCUT2D eigenvalue weighted by molar-refractivity contribution is -0.0181. The summed E-state index contributed by atoms with van der Waals surface area (Å²) < 4.78 is 53.0. The molecule has 0 aliphatic heterocycles. The molecule has 1 aliphatic rings. The fourth-order valence-corrected chi connectivity index (χ4v) is 4.94. The van der Waals surface area contributed by atoms with E-state index < -0.39 is 15.9 Å². The van der Waals surface area contributed by atoms with Gasteiger partial charge in [-0.2, -0.15) is 13.5 Å². The molecule has 1 aromatic rings. The van der Waals surface area contributed by atoms with Gasteiger partial charge in [0, 0.05) is 18.6 Å². The fourth-order valence-electron chi connectivity index (χ4n) is 3.39. The van der Waals surface area contributed by atoms with E-state index in [0.29, 0.717) is 5.71 Å². The van der Waals surface area contributed by atoms with Gasteiger partial charge in [-0.05, 0) is 47.3 Å². The molecule has 158 valence electrons. The van der Waals surface area contributed by atoms with Crippen LogP contribution in [0.15, 0.2) is 22.1 Å². The molecule has 0 atom stereocenters. The molecule has 0 saturated heterocycles. The Hall–Kier alpha value is -1.50. The molecular weight excluding hydrogens is 382 g/mol. The summed E-state index contributed by atoms with van der Waals surface area (Å²) in [6, 6.07) is 3.92. The Bertz CT molecular complexity index is 803. The number of alkyl halides is 2. The molecule has 0 spiro atoms. The van der Waals surface area contributed by atoms with Crippen molar-refractivity contribution in [2.45, 2.75) is 95.8 Å². The highest BCUT2D eigenvalue weighted by atomic mass is 32.2. The molecule has 1 aromatic carbocycles. The third-order valence-electron chi connectivity index (χ3n) is 5.23. The molecule has 4 nitrogen and oxygen atoms in total. The molecule has 0 unspecified atom stereocenters. The number of nitrogens with zero attached hydrogens (tertiary/aromatic N) is 1. The number of sulfonamides is 1. The third-order valence-corrected chi connectivity index (χ3v) is 6.57. The van der Waals surface area contributed by atoms with Gasteiger partial charge in [0.2, 0.25) is 5.92 Å². The second-order valence-corrected chi connectivity index (χ2v) is 10.2. The second-order valence-electron chi connectivity index (χ2n) is 8.62. The van der Waals surface area contributed by atoms with E-state index >= 15 is 0 Å². The van der Waals surface area contributed by atoms with Gasteiger partial charge in [0.25, 0.3) is 10.0 Å². The van der Waals surface area contributed by atoms with Crippen LogP contribution in [0.2, 0.25) is 0 Å². The number of nitrogens with one attached hydrogen (secondary N) is 1. The van der Waals surface area contributed by atoms with Crippen LogP contribution in [0.3, 0.4) is 0 Å². The summed E-state index contributed by atoms with van der Waals surface area (Å²) >= 11 is 0. The zero-order chi connectivity index (χ0) is 21.3. The van der Waals surface area contributed by atoms with Crippen LogP contribution in [-0.2, 0) is 10.0 Å². The lowest BCUT2D eigenvalue weighted by Crippen LogP contribution is -2.28. The predicted molar refractivity (Wildman–Crippen MR) is 110 cm³/mol. The molecule has 0 bridgehead atoms. The highest BCUT2D eigenvalue weighted by Crippen LogP contribution is 2.35. The molecule has 1 fully saturated rings. The van der Waals surface area contributed by atoms with Gasteiger partial charge in [-0.1, -0.05) is 53.7 Å². The van der Waals surface area contributed by atoms with Crippen molar-refractivity contribution in [3.63, 3.8) is 0 Å². The Morgan fingerprint density at radius 1 is 0.929 bits per heavy atom. The van der Waals surface area contributed by atoms with Gasteiger partial charge in [0.1, 0.15) is 0 Å². The maximum atomic E-state index is 13.3. The number of hydrogen-bond donors (Lipinski definition) is 1. The predicted octanol–water partition coefficient (Wildman–Crippen LogP) is 5.90. The minimum absolute atomic E-state index is 0.0174. The van der Waals surface area contributed by atoms with Crippen LogP contribution in [-0.4, -0.2) is 20.1 Å². The summed E-state index contributed by atoms with van der Waals surface area (Å²) in [5.41, 5.74) is 3.10. The molecular formula is C21H32F2N2O2S. The van der Waals surface area contributed by atoms with Crippen LogP contribution < -0.4 is 4.83 Å². The van der Waals surface area contributed by atoms with Gasteiger partial charge in [-0.3, -0.25) is 0 Å². The molecule has 2 rings (SSSR count). The quantitative estimate of drug-likeness (QED) is 0.589. The highest BCUT2D eigenvalue weighted by molar-refractivity contribution is 7.89. The van der Waals surface area contributed by atoms with Crippen LogP contribution in [0.25, 0.3) is 0 Å². The van der Waals surface area contributed by atoms with Crippen LogP contribution in [0.4, 0.5) is 8.78 Å². The zero-order valence-electron chi connectivity index (χ0n) is 17.6. The van der Waals surface area contributed by atoms with Gasteiger partial charge in [-0.25, -0.2) is 13.6 Å². The van der Waals surface area contributed by atoms with Crippen LogP contribution in [0.1, 0.15) is 102 Å². The number of hydrogen-bond acceptors (Lipinski definition) is 3. The molecule has 1 aliphatic carbocycles. The van der Waals surface area contributed by atoms with E-state index in [2.05, 4.69) is 23.8 Å². The average Bonchev–Trinajstić information content (AvgIpc) is 2.59. The Morgan fingerprint density at radius 2 is 1.39 bits per heavy atom. The van der Waals surface area contributed by atoms with Gasteiger partial charge in [-0.15, -0.1) is 0 Å². The Labute approximate surface area is 167 Å². The van der Waals surface area contributed by atoms with Crippen molar-refractivity contribution in [3.8, 4) is 0 Å². The summed E-state index contributed by atoms with van der Waals surface area (Å²) in [5, 5.41) is 4.00. The van der Waals surface area contributed by atoms with Gasteiger partial charge < -0.3 is 0 Å². The summed E-state index contributed by atoms with van der Waals surface area (Å²) in [4.78, 5) is 2.60. The van der Waals surface area contributed by atoms with E-state index in [-0.39, 0.29) is 48.3 Å². The summed E-state index contributed by atoms with van der Waals surface area (Å²) in [6.45, 7) is 12.0. The first-order valence-corrected chi connectivity index (χ1v) is 11.4. The zero-order valence-corrected chi connectivity index (χ0v) is 18.5. The Kier molecular flexibility index (Phi) is 6.90. The Balaban J connectivity index is 2.46. The molecule has 7 heteroatoms. The topological polar surface area (TPSA) is 58.5 Å². The normalized spacial score (nSPS) is 17.5. The molecule has 1 N–H and O–H groups in total. The minimum atomic E-state index is -3.91. The summed E-state index contributed by atoms with van der Waals surface area (Å²) in [6.07, 6.45) is -0.359. The lowest BCUT2D eigenvalue weighted by Gasteiger charge is -2.24. The fraction of sp³-hybridized carbons (Fsp3) is 0.667. The molecule has 0 aromatic heterocycles. The maximum absolute atomic E-state index is 13.3. The maximum Gasteiger partial charge on any atom is 0.277 e. The van der Waals surface area contributed by atoms with Gasteiger partial charge in [0.05, 0.1) is 4.90 Å². The largest absolute Gasteiger partial charge is 0.277 e. The second kappa shape index (κ2) is 8.47. The smallest absolute Gasteiger partial charge is 0.207 e. The van der Waals surface area contributed by atoms with Crippen LogP contribution >= 0.6 is 0 Å². The molecule has 0 radical (unpaired) electrons. The average molecular weight is 415 g/mol. The number of hydrazone groups is 1. The van der Waals surface area contributed by atoms with E-state index in [1.807, 2.05) is 39.8 Å². The van der Waals surface area contributed by atoms with E-state index in [1.54, 1.807) is 0 Å². The van der Waals surface area contributed by atoms with Gasteiger partial charge in [0.15, 0.2) is 0 Å². The molecule has 0 heterocycles. The number of halogens is 2. The van der Waals surface area contributed by atoms with Crippen molar-refractivity contribution in [2.75, 3.05) is 0 Å². The standard InChI is InChI=1S/C21H32F2N2O2S/c1-13(2)16-11-18(14(3)4)20(19(12-16)15(5)6)28(26,27)25-24-17-7-9-21(22,23)10-8-17/h11-15,25H,7-10H2,1-6H3. The van der Waals surface area contributed by atoms with Crippen molar-refractivity contribution in [1.29, 1.82) is 0 Å². The van der Waals surface area contributed by atoms with Crippen LogP contribution in [0.5, 0.6) is 0 Å². The van der Waals surface area contributed by atoms with E-state index in [1.165, 1.54) is 0 Å². The highest BCUT2D eigenvalue weighted by Gasteiger charge is 2.33. The molecule has 0 amide bonds. The summed E-state index contributed by atoms with van der Waals surface area (Å²) in [5.74, 6) is -2.36. The van der Waals surface area contributed by atoms with Gasteiger partial charge >= 0.3 is 0 Å². The van der Waals surface area contributed by atoms with Crippen molar-refractivity contribution in [2.24, 2.45) is 5.10 Å². The first-order chi connectivity index (χ1) is 12.8. The SMILES string of the molecule is CC(C)c1cc(C(C)C)c(S(=O)(=O)NN=C2CCC(F)(F)CC2)c(C(C)C)c1. The molecule has 28 heavy (non-hydrogen) atoms. The Morgan fingerprint density at radius 3 is 1.79 bits per heavy atom. The van der Waals surface area contributed by atoms with Crippen molar-refractivity contribution in [3.05, 3.63) is 28.8 Å². The van der Waals surface area contributed by atoms with Crippen molar-refractivity contribution < 1.29 is 17.2 Å². The van der Waals surface area contributed by atoms with E-state index in [9.17, 15) is 17.2 Å². The number of rotatable bonds is 6. The number of benzene rings is 1. The lowest BCUT2D eigenvalue weighted by atomic mass is 9.89. The molecule has 1 saturated carbocycles.